The molecule has 0 spiro atoms. The first-order chi connectivity index (χ1) is 12.2. The van der Waals surface area contributed by atoms with E-state index in [2.05, 4.69) is 43.7 Å². The summed E-state index contributed by atoms with van der Waals surface area (Å²) in [6, 6.07) is 13.9. The maximum Gasteiger partial charge on any atom is 0.227 e. The molecule has 6 nitrogen and oxygen atoms in total. The minimum atomic E-state index is -0.0668. The number of amides is 1. The number of anilines is 2. The van der Waals surface area contributed by atoms with Gasteiger partial charge >= 0.3 is 0 Å². The first kappa shape index (κ1) is 20.2. The van der Waals surface area contributed by atoms with Crippen molar-refractivity contribution in [3.63, 3.8) is 0 Å². The largest absolute Gasteiger partial charge is 0.355 e. The summed E-state index contributed by atoms with van der Waals surface area (Å²) in [4.78, 5) is 22.9. The molecule has 138 valence electrons. The summed E-state index contributed by atoms with van der Waals surface area (Å²) in [6.07, 6.45) is 1.36. The normalized spacial score (nSPS) is 13.0. The molecule has 1 aliphatic rings. The second-order valence-corrected chi connectivity index (χ2v) is 5.97. The van der Waals surface area contributed by atoms with Gasteiger partial charge in [-0.15, -0.1) is 24.0 Å². The second-order valence-electron chi connectivity index (χ2n) is 5.97. The smallest absolute Gasteiger partial charge is 0.227 e. The van der Waals surface area contributed by atoms with Crippen LogP contribution in [0.1, 0.15) is 17.7 Å². The molecule has 0 aliphatic carbocycles. The highest BCUT2D eigenvalue weighted by molar-refractivity contribution is 14.0. The van der Waals surface area contributed by atoms with E-state index in [1.54, 1.807) is 13.1 Å². The lowest BCUT2D eigenvalue weighted by molar-refractivity contribution is -0.116. The van der Waals surface area contributed by atoms with Crippen molar-refractivity contribution in [2.45, 2.75) is 19.8 Å². The standard InChI is InChI=1S/C19H23N5O.HI/c1-14-6-5-9-17(22-14)23-18(25)10-12-21-19(20-2)24-13-11-15-7-3-4-8-16(15)24;/h3-9H,10-13H2,1-2H3,(H,20,21)(H,22,23,25);1H. The molecule has 1 aliphatic heterocycles. The van der Waals surface area contributed by atoms with Crippen LogP contribution in [0.5, 0.6) is 0 Å². The van der Waals surface area contributed by atoms with Gasteiger partial charge in [0.25, 0.3) is 0 Å². The van der Waals surface area contributed by atoms with Crippen LogP contribution in [-0.4, -0.2) is 37.0 Å². The fraction of sp³-hybridized carbons (Fsp3) is 0.316. The third kappa shape index (κ3) is 4.94. The zero-order valence-corrected chi connectivity index (χ0v) is 17.4. The van der Waals surface area contributed by atoms with Gasteiger partial charge in [-0.1, -0.05) is 24.3 Å². The van der Waals surface area contributed by atoms with E-state index in [9.17, 15) is 4.79 Å². The van der Waals surface area contributed by atoms with Crippen LogP contribution >= 0.6 is 24.0 Å². The molecule has 0 atom stereocenters. The molecular weight excluding hydrogens is 441 g/mol. The van der Waals surface area contributed by atoms with Crippen molar-refractivity contribution in [2.24, 2.45) is 4.99 Å². The Morgan fingerprint density at radius 1 is 1.23 bits per heavy atom. The maximum absolute atomic E-state index is 12.1. The summed E-state index contributed by atoms with van der Waals surface area (Å²) in [5, 5.41) is 6.09. The summed E-state index contributed by atoms with van der Waals surface area (Å²) in [5.41, 5.74) is 3.39. The van der Waals surface area contributed by atoms with Crippen LogP contribution in [0.25, 0.3) is 0 Å². The molecule has 0 fully saturated rings. The molecular formula is C19H24IN5O. The van der Waals surface area contributed by atoms with Crippen LogP contribution in [0, 0.1) is 6.92 Å². The quantitative estimate of drug-likeness (QED) is 0.414. The van der Waals surface area contributed by atoms with Crippen molar-refractivity contribution in [3.05, 3.63) is 53.7 Å². The Kier molecular flexibility index (Phi) is 7.38. The monoisotopic (exact) mass is 465 g/mol. The van der Waals surface area contributed by atoms with Gasteiger partial charge in [0.2, 0.25) is 5.91 Å². The minimum Gasteiger partial charge on any atom is -0.355 e. The van der Waals surface area contributed by atoms with Gasteiger partial charge in [-0.05, 0) is 37.1 Å². The van der Waals surface area contributed by atoms with Crippen molar-refractivity contribution < 1.29 is 4.79 Å². The lowest BCUT2D eigenvalue weighted by Crippen LogP contribution is -2.41. The van der Waals surface area contributed by atoms with Gasteiger partial charge < -0.3 is 15.5 Å². The first-order valence-electron chi connectivity index (χ1n) is 8.47. The molecule has 0 unspecified atom stereocenters. The predicted molar refractivity (Wildman–Crippen MR) is 116 cm³/mol. The van der Waals surface area contributed by atoms with E-state index in [1.165, 1.54) is 11.3 Å². The van der Waals surface area contributed by atoms with Gasteiger partial charge in [-0.2, -0.15) is 0 Å². The van der Waals surface area contributed by atoms with Crippen molar-refractivity contribution >= 4 is 47.3 Å². The summed E-state index contributed by atoms with van der Waals surface area (Å²) in [5.74, 6) is 1.32. The number of pyridine rings is 1. The van der Waals surface area contributed by atoms with Crippen LogP contribution in [0.2, 0.25) is 0 Å². The van der Waals surface area contributed by atoms with E-state index in [-0.39, 0.29) is 29.9 Å². The zero-order valence-electron chi connectivity index (χ0n) is 15.0. The van der Waals surface area contributed by atoms with E-state index < -0.39 is 0 Å². The van der Waals surface area contributed by atoms with E-state index in [4.69, 9.17) is 0 Å². The third-order valence-corrected chi connectivity index (χ3v) is 4.15. The number of benzene rings is 1. The number of carbonyl (C=O) groups excluding carboxylic acids is 1. The molecule has 3 rings (SSSR count). The summed E-state index contributed by atoms with van der Waals surface area (Å²) >= 11 is 0. The van der Waals surface area contributed by atoms with E-state index in [0.29, 0.717) is 18.8 Å². The molecule has 1 amide bonds. The number of hydrogen-bond donors (Lipinski definition) is 2. The highest BCUT2D eigenvalue weighted by atomic mass is 127. The Labute approximate surface area is 171 Å². The first-order valence-corrected chi connectivity index (χ1v) is 8.47. The number of guanidine groups is 1. The van der Waals surface area contributed by atoms with Crippen molar-refractivity contribution in [2.75, 3.05) is 30.4 Å². The van der Waals surface area contributed by atoms with Crippen molar-refractivity contribution in [1.29, 1.82) is 0 Å². The van der Waals surface area contributed by atoms with E-state index >= 15 is 0 Å². The summed E-state index contributed by atoms with van der Waals surface area (Å²) in [6.45, 7) is 3.32. The molecule has 0 radical (unpaired) electrons. The number of rotatable bonds is 4. The van der Waals surface area contributed by atoms with Gasteiger partial charge in [-0.25, -0.2) is 4.98 Å². The number of para-hydroxylation sites is 1. The molecule has 2 N–H and O–H groups in total. The number of nitrogens with zero attached hydrogens (tertiary/aromatic N) is 3. The number of nitrogens with one attached hydrogen (secondary N) is 2. The maximum atomic E-state index is 12.1. The van der Waals surface area contributed by atoms with Gasteiger partial charge in [-0.3, -0.25) is 9.79 Å². The topological polar surface area (TPSA) is 69.6 Å². The highest BCUT2D eigenvalue weighted by Gasteiger charge is 2.22. The third-order valence-electron chi connectivity index (χ3n) is 4.15. The van der Waals surface area contributed by atoms with Crippen LogP contribution in [0.3, 0.4) is 0 Å². The fourth-order valence-electron chi connectivity index (χ4n) is 2.96. The number of halogens is 1. The molecule has 7 heteroatoms. The minimum absolute atomic E-state index is 0. The van der Waals surface area contributed by atoms with Crippen molar-refractivity contribution in [1.82, 2.24) is 10.3 Å². The average molecular weight is 465 g/mol. The van der Waals surface area contributed by atoms with Crippen LogP contribution in [-0.2, 0) is 11.2 Å². The van der Waals surface area contributed by atoms with E-state index in [0.717, 1.165) is 24.6 Å². The average Bonchev–Trinajstić information content (AvgIpc) is 3.03. The number of hydrogen-bond acceptors (Lipinski definition) is 3. The zero-order chi connectivity index (χ0) is 17.6. The molecule has 1 aromatic heterocycles. The number of aryl methyl sites for hydroxylation is 1. The molecule has 26 heavy (non-hydrogen) atoms. The molecule has 1 aromatic carbocycles. The highest BCUT2D eigenvalue weighted by Crippen LogP contribution is 2.27. The lowest BCUT2D eigenvalue weighted by Gasteiger charge is -2.22. The Balaban J connectivity index is 0.00000243. The summed E-state index contributed by atoms with van der Waals surface area (Å²) in [7, 11) is 1.76. The van der Waals surface area contributed by atoms with Crippen LogP contribution in [0.4, 0.5) is 11.5 Å². The lowest BCUT2D eigenvalue weighted by atomic mass is 10.2. The Morgan fingerprint density at radius 3 is 2.81 bits per heavy atom. The number of fused-ring (bicyclic) bond motifs is 1. The summed E-state index contributed by atoms with van der Waals surface area (Å²) < 4.78 is 0. The van der Waals surface area contributed by atoms with Gasteiger partial charge in [0.15, 0.2) is 5.96 Å². The Morgan fingerprint density at radius 2 is 2.04 bits per heavy atom. The number of aliphatic imine (C=N–C) groups is 1. The molecule has 2 heterocycles. The number of aromatic nitrogens is 1. The SMILES string of the molecule is CN=C(NCCC(=O)Nc1cccc(C)n1)N1CCc2ccccc21.I. The molecule has 0 bridgehead atoms. The predicted octanol–water partition coefficient (Wildman–Crippen LogP) is 2.97. The van der Waals surface area contributed by atoms with Gasteiger partial charge in [0, 0.05) is 37.9 Å². The van der Waals surface area contributed by atoms with Gasteiger partial charge in [0.05, 0.1) is 0 Å². The second kappa shape index (κ2) is 9.51. The fourth-order valence-corrected chi connectivity index (χ4v) is 2.96. The van der Waals surface area contributed by atoms with E-state index in [1.807, 2.05) is 25.1 Å². The van der Waals surface area contributed by atoms with Gasteiger partial charge in [0.1, 0.15) is 5.82 Å². The van der Waals surface area contributed by atoms with Crippen molar-refractivity contribution in [3.8, 4) is 0 Å². The Bertz CT molecular complexity index is 793. The molecule has 0 saturated carbocycles. The Hall–Kier alpha value is -2.16. The molecule has 0 saturated heterocycles. The number of carbonyl (C=O) groups is 1. The van der Waals surface area contributed by atoms with Crippen LogP contribution in [0.15, 0.2) is 47.5 Å². The van der Waals surface area contributed by atoms with Crippen LogP contribution < -0.4 is 15.5 Å². The molecule has 2 aromatic rings.